The molecule has 1 saturated heterocycles. The van der Waals surface area contributed by atoms with Crippen molar-refractivity contribution >= 4 is 17.7 Å². The second kappa shape index (κ2) is 5.03. The molecule has 0 saturated carbocycles. The van der Waals surface area contributed by atoms with Crippen molar-refractivity contribution in [3.63, 3.8) is 0 Å². The van der Waals surface area contributed by atoms with Crippen LogP contribution in [0.25, 0.3) is 0 Å². The molecule has 6 nitrogen and oxygen atoms in total. The van der Waals surface area contributed by atoms with E-state index in [1.54, 1.807) is 11.1 Å². The Hall–Kier alpha value is -1.85. The van der Waals surface area contributed by atoms with E-state index in [-0.39, 0.29) is 5.91 Å². The molecule has 104 valence electrons. The summed E-state index contributed by atoms with van der Waals surface area (Å²) < 4.78 is 0. The van der Waals surface area contributed by atoms with Gasteiger partial charge >= 0.3 is 0 Å². The van der Waals surface area contributed by atoms with Gasteiger partial charge in [-0.25, -0.2) is 4.98 Å². The number of nitrogens with one attached hydrogen (secondary N) is 1. The molecule has 1 aliphatic heterocycles. The van der Waals surface area contributed by atoms with Crippen LogP contribution in [0.2, 0.25) is 0 Å². The molecular weight excluding hydrogens is 242 g/mol. The quantitative estimate of drug-likeness (QED) is 0.880. The Balaban J connectivity index is 2.30. The summed E-state index contributed by atoms with van der Waals surface area (Å²) in [4.78, 5) is 24.7. The lowest BCUT2D eigenvalue weighted by atomic mass is 9.98. The Bertz CT molecular complexity index is 474. The second-order valence-electron chi connectivity index (χ2n) is 5.21. The molecule has 0 aromatic carbocycles. The van der Waals surface area contributed by atoms with Crippen molar-refractivity contribution in [2.45, 2.75) is 26.3 Å². The highest BCUT2D eigenvalue weighted by atomic mass is 16.2. The number of anilines is 2. The molecule has 6 heteroatoms. The second-order valence-corrected chi connectivity index (χ2v) is 5.21. The predicted molar refractivity (Wildman–Crippen MR) is 75.3 cm³/mol. The highest BCUT2D eigenvalue weighted by molar-refractivity contribution is 5.90. The number of aromatic nitrogens is 2. The molecule has 2 heterocycles. The van der Waals surface area contributed by atoms with Crippen molar-refractivity contribution in [1.29, 1.82) is 0 Å². The van der Waals surface area contributed by atoms with Gasteiger partial charge in [0.1, 0.15) is 11.4 Å². The third-order valence-electron chi connectivity index (χ3n) is 3.46. The normalized spacial score (nSPS) is 18.6. The van der Waals surface area contributed by atoms with Gasteiger partial charge in [-0.2, -0.15) is 4.98 Å². The molecule has 0 radical (unpaired) electrons. The molecule has 0 bridgehead atoms. The number of piperazine rings is 1. The molecule has 0 spiro atoms. The number of amides is 1. The Labute approximate surface area is 113 Å². The monoisotopic (exact) mass is 263 g/mol. The van der Waals surface area contributed by atoms with Gasteiger partial charge in [-0.1, -0.05) is 0 Å². The van der Waals surface area contributed by atoms with Gasteiger partial charge in [0, 0.05) is 32.9 Å². The summed E-state index contributed by atoms with van der Waals surface area (Å²) in [5, 5.41) is 3.09. The number of likely N-dealkylation sites (N-methyl/N-ethyl adjacent to an activating group) is 1. The molecule has 0 atom stereocenters. The van der Waals surface area contributed by atoms with E-state index >= 15 is 0 Å². The van der Waals surface area contributed by atoms with E-state index in [4.69, 9.17) is 0 Å². The minimum absolute atomic E-state index is 0.113. The fourth-order valence-corrected chi connectivity index (χ4v) is 2.36. The van der Waals surface area contributed by atoms with E-state index in [1.165, 1.54) is 0 Å². The summed E-state index contributed by atoms with van der Waals surface area (Å²) in [6.45, 7) is 8.12. The van der Waals surface area contributed by atoms with Gasteiger partial charge in [-0.3, -0.25) is 4.79 Å². The molecule has 1 aromatic heterocycles. The maximum absolute atomic E-state index is 12.3. The van der Waals surface area contributed by atoms with Crippen molar-refractivity contribution in [2.24, 2.45) is 0 Å². The van der Waals surface area contributed by atoms with Gasteiger partial charge < -0.3 is 15.1 Å². The Morgan fingerprint density at radius 3 is 2.84 bits per heavy atom. The molecule has 1 fully saturated rings. The summed E-state index contributed by atoms with van der Waals surface area (Å²) in [5.41, 5.74) is -0.579. The molecule has 0 unspecified atom stereocenters. The van der Waals surface area contributed by atoms with Gasteiger partial charge in [0.25, 0.3) is 0 Å². The zero-order valence-corrected chi connectivity index (χ0v) is 12.0. The number of carbonyl (C=O) groups is 1. The van der Waals surface area contributed by atoms with Crippen molar-refractivity contribution in [1.82, 2.24) is 14.9 Å². The first-order valence-electron chi connectivity index (χ1n) is 6.57. The summed E-state index contributed by atoms with van der Waals surface area (Å²) in [5.74, 6) is 1.50. The molecule has 1 aromatic rings. The van der Waals surface area contributed by atoms with E-state index in [2.05, 4.69) is 15.3 Å². The van der Waals surface area contributed by atoms with Crippen LogP contribution in [0.5, 0.6) is 0 Å². The van der Waals surface area contributed by atoms with Gasteiger partial charge in [-0.05, 0) is 26.8 Å². The third-order valence-corrected chi connectivity index (χ3v) is 3.46. The van der Waals surface area contributed by atoms with Crippen LogP contribution >= 0.6 is 0 Å². The Morgan fingerprint density at radius 1 is 1.42 bits per heavy atom. The number of carbonyl (C=O) groups excluding carboxylic acids is 1. The maximum atomic E-state index is 12.3. The minimum Gasteiger partial charge on any atom is -0.354 e. The third kappa shape index (κ3) is 2.47. The fourth-order valence-electron chi connectivity index (χ4n) is 2.36. The summed E-state index contributed by atoms with van der Waals surface area (Å²) >= 11 is 0. The van der Waals surface area contributed by atoms with E-state index < -0.39 is 5.54 Å². The molecule has 1 aliphatic rings. The maximum Gasteiger partial charge on any atom is 0.247 e. The van der Waals surface area contributed by atoms with Gasteiger partial charge in [0.15, 0.2) is 0 Å². The summed E-state index contributed by atoms with van der Waals surface area (Å²) in [6.07, 6.45) is 1.72. The van der Waals surface area contributed by atoms with Crippen molar-refractivity contribution in [2.75, 3.05) is 36.9 Å². The van der Waals surface area contributed by atoms with Crippen molar-refractivity contribution < 1.29 is 4.79 Å². The molecule has 19 heavy (non-hydrogen) atoms. The van der Waals surface area contributed by atoms with Crippen LogP contribution in [0.4, 0.5) is 11.8 Å². The largest absolute Gasteiger partial charge is 0.354 e. The van der Waals surface area contributed by atoms with Gasteiger partial charge in [-0.15, -0.1) is 0 Å². The van der Waals surface area contributed by atoms with E-state index in [9.17, 15) is 4.79 Å². The number of hydrogen-bond donors (Lipinski definition) is 1. The first kappa shape index (κ1) is 13.6. The van der Waals surface area contributed by atoms with E-state index in [1.807, 2.05) is 38.8 Å². The van der Waals surface area contributed by atoms with Crippen LogP contribution in [0.15, 0.2) is 12.3 Å². The van der Waals surface area contributed by atoms with Crippen LogP contribution in [0.1, 0.15) is 20.8 Å². The SMILES string of the molecule is CCNc1nccc(N2CCN(C)C(=O)C2(C)C)n1. The van der Waals surface area contributed by atoms with Crippen LogP contribution < -0.4 is 10.2 Å². The lowest BCUT2D eigenvalue weighted by Crippen LogP contribution is -2.62. The average Bonchev–Trinajstić information content (AvgIpc) is 2.37. The smallest absolute Gasteiger partial charge is 0.247 e. The van der Waals surface area contributed by atoms with Gasteiger partial charge in [0.05, 0.1) is 0 Å². The number of hydrogen-bond acceptors (Lipinski definition) is 5. The van der Waals surface area contributed by atoms with Gasteiger partial charge in [0.2, 0.25) is 11.9 Å². The minimum atomic E-state index is -0.579. The molecule has 1 amide bonds. The van der Waals surface area contributed by atoms with Crippen LogP contribution in [0.3, 0.4) is 0 Å². The zero-order valence-electron chi connectivity index (χ0n) is 12.0. The summed E-state index contributed by atoms with van der Waals surface area (Å²) in [6, 6.07) is 1.85. The van der Waals surface area contributed by atoms with Crippen molar-refractivity contribution in [3.05, 3.63) is 12.3 Å². The van der Waals surface area contributed by atoms with E-state index in [0.717, 1.165) is 18.9 Å². The lowest BCUT2D eigenvalue weighted by molar-refractivity contribution is -0.136. The lowest BCUT2D eigenvalue weighted by Gasteiger charge is -2.45. The first-order valence-corrected chi connectivity index (χ1v) is 6.57. The first-order chi connectivity index (χ1) is 8.96. The average molecular weight is 263 g/mol. The Morgan fingerprint density at radius 2 is 2.16 bits per heavy atom. The van der Waals surface area contributed by atoms with Crippen molar-refractivity contribution in [3.8, 4) is 0 Å². The summed E-state index contributed by atoms with van der Waals surface area (Å²) in [7, 11) is 1.84. The highest BCUT2D eigenvalue weighted by Crippen LogP contribution is 2.27. The molecule has 1 N–H and O–H groups in total. The molecule has 2 rings (SSSR count). The predicted octanol–water partition coefficient (Wildman–Crippen LogP) is 0.965. The van der Waals surface area contributed by atoms with Crippen LogP contribution in [-0.2, 0) is 4.79 Å². The number of nitrogens with zero attached hydrogens (tertiary/aromatic N) is 4. The standard InChI is InChI=1S/C13H21N5O/c1-5-14-12-15-7-6-10(16-12)18-9-8-17(4)11(19)13(18,2)3/h6-7H,5,8-9H2,1-4H3,(H,14,15,16). The Kier molecular flexibility index (Phi) is 3.59. The number of rotatable bonds is 3. The topological polar surface area (TPSA) is 61.4 Å². The van der Waals surface area contributed by atoms with E-state index in [0.29, 0.717) is 12.5 Å². The molecule has 0 aliphatic carbocycles. The highest BCUT2D eigenvalue weighted by Gasteiger charge is 2.41. The zero-order chi connectivity index (χ0) is 14.0. The fraction of sp³-hybridized carbons (Fsp3) is 0.615. The van der Waals surface area contributed by atoms with Crippen LogP contribution in [-0.4, -0.2) is 53.0 Å². The van der Waals surface area contributed by atoms with Crippen LogP contribution in [0, 0.1) is 0 Å². The molecular formula is C13H21N5O.